The molecule has 0 bridgehead atoms. The first kappa shape index (κ1) is 11.5. The molecule has 0 amide bonds. The highest BCUT2D eigenvalue weighted by Gasteiger charge is 2.05. The van der Waals surface area contributed by atoms with Crippen LogP contribution in [0.2, 0.25) is 0 Å². The minimum absolute atomic E-state index is 0.0539. The van der Waals surface area contributed by atoms with Crippen molar-refractivity contribution in [3.05, 3.63) is 60.2 Å². The highest BCUT2D eigenvalue weighted by atomic mass is 14.9. The van der Waals surface area contributed by atoms with Gasteiger partial charge in [-0.2, -0.15) is 0 Å². The molecule has 3 nitrogen and oxygen atoms in total. The Morgan fingerprint density at radius 3 is 2.35 bits per heavy atom. The van der Waals surface area contributed by atoms with Crippen LogP contribution in [0.4, 0.5) is 0 Å². The molecule has 0 N–H and O–H groups in total. The molecule has 3 heteroatoms. The Labute approximate surface area is 101 Å². The molecule has 0 spiro atoms. The van der Waals surface area contributed by atoms with E-state index in [9.17, 15) is 0 Å². The summed E-state index contributed by atoms with van der Waals surface area (Å²) in [6.07, 6.45) is 3.57. The maximum Gasteiger partial charge on any atom is 0.0895 e. The first-order chi connectivity index (χ1) is 8.27. The van der Waals surface area contributed by atoms with E-state index in [0.717, 1.165) is 17.1 Å². The SMILES string of the molecule is CC(=NC(C)c1ccccn1)c1ccccn1. The Hall–Kier alpha value is -2.03. The molecule has 0 saturated carbocycles. The van der Waals surface area contributed by atoms with Crippen molar-refractivity contribution in [3.63, 3.8) is 0 Å². The van der Waals surface area contributed by atoms with Crippen molar-refractivity contribution in [3.8, 4) is 0 Å². The van der Waals surface area contributed by atoms with Crippen molar-refractivity contribution in [1.82, 2.24) is 9.97 Å². The second kappa shape index (κ2) is 5.34. The minimum Gasteiger partial charge on any atom is -0.278 e. The Morgan fingerprint density at radius 1 is 1.06 bits per heavy atom. The maximum atomic E-state index is 4.61. The molecule has 2 aromatic rings. The third kappa shape index (κ3) is 2.97. The second-order valence-electron chi connectivity index (χ2n) is 3.86. The lowest BCUT2D eigenvalue weighted by atomic mass is 10.2. The third-order valence-electron chi connectivity index (χ3n) is 2.54. The number of aromatic nitrogens is 2. The van der Waals surface area contributed by atoms with Crippen molar-refractivity contribution in [2.24, 2.45) is 4.99 Å². The van der Waals surface area contributed by atoms with Crippen molar-refractivity contribution in [2.75, 3.05) is 0 Å². The Bertz CT molecular complexity index is 491. The van der Waals surface area contributed by atoms with Crippen LogP contribution in [0.5, 0.6) is 0 Å². The van der Waals surface area contributed by atoms with Crippen LogP contribution in [0.15, 0.2) is 53.8 Å². The Morgan fingerprint density at radius 2 is 1.76 bits per heavy atom. The average Bonchev–Trinajstić information content (AvgIpc) is 2.40. The van der Waals surface area contributed by atoms with Crippen LogP contribution in [-0.2, 0) is 0 Å². The van der Waals surface area contributed by atoms with E-state index in [1.807, 2.05) is 50.2 Å². The second-order valence-corrected chi connectivity index (χ2v) is 3.86. The van der Waals surface area contributed by atoms with Crippen molar-refractivity contribution < 1.29 is 0 Å². The van der Waals surface area contributed by atoms with E-state index in [-0.39, 0.29) is 6.04 Å². The first-order valence-electron chi connectivity index (χ1n) is 5.64. The number of rotatable bonds is 3. The molecule has 0 aliphatic rings. The van der Waals surface area contributed by atoms with Gasteiger partial charge in [0.25, 0.3) is 0 Å². The molecule has 0 aliphatic heterocycles. The third-order valence-corrected chi connectivity index (χ3v) is 2.54. The van der Waals surface area contributed by atoms with Gasteiger partial charge in [-0.05, 0) is 38.1 Å². The van der Waals surface area contributed by atoms with E-state index in [1.54, 1.807) is 12.4 Å². The van der Waals surface area contributed by atoms with Gasteiger partial charge in [0.15, 0.2) is 0 Å². The summed E-state index contributed by atoms with van der Waals surface area (Å²) in [7, 11) is 0. The van der Waals surface area contributed by atoms with Gasteiger partial charge in [-0.1, -0.05) is 12.1 Å². The highest BCUT2D eigenvalue weighted by molar-refractivity contribution is 5.96. The number of nitrogens with zero attached hydrogens (tertiary/aromatic N) is 3. The van der Waals surface area contributed by atoms with Gasteiger partial charge >= 0.3 is 0 Å². The van der Waals surface area contributed by atoms with E-state index >= 15 is 0 Å². The lowest BCUT2D eigenvalue weighted by molar-refractivity contribution is 0.782. The molecule has 2 heterocycles. The van der Waals surface area contributed by atoms with Crippen LogP contribution < -0.4 is 0 Å². The van der Waals surface area contributed by atoms with Gasteiger partial charge in [-0.3, -0.25) is 15.0 Å². The van der Waals surface area contributed by atoms with Crippen molar-refractivity contribution in [2.45, 2.75) is 19.9 Å². The molecule has 0 aromatic carbocycles. The molecule has 2 aromatic heterocycles. The predicted molar refractivity (Wildman–Crippen MR) is 69.1 cm³/mol. The standard InChI is InChI=1S/C14H15N3/c1-11(13-7-3-5-9-15-13)17-12(2)14-8-4-6-10-16-14/h3-11H,1-2H3. The molecule has 0 fully saturated rings. The van der Waals surface area contributed by atoms with Gasteiger partial charge < -0.3 is 0 Å². The van der Waals surface area contributed by atoms with Crippen LogP contribution in [0.1, 0.15) is 31.3 Å². The smallest absolute Gasteiger partial charge is 0.0895 e. The molecule has 1 atom stereocenters. The minimum atomic E-state index is 0.0539. The number of hydrogen-bond acceptors (Lipinski definition) is 3. The van der Waals surface area contributed by atoms with E-state index in [2.05, 4.69) is 15.0 Å². The average molecular weight is 225 g/mol. The van der Waals surface area contributed by atoms with Crippen molar-refractivity contribution >= 4 is 5.71 Å². The first-order valence-corrected chi connectivity index (χ1v) is 5.64. The summed E-state index contributed by atoms with van der Waals surface area (Å²) in [6.45, 7) is 4.01. The van der Waals surface area contributed by atoms with E-state index in [0.29, 0.717) is 0 Å². The van der Waals surface area contributed by atoms with E-state index in [4.69, 9.17) is 0 Å². The van der Waals surface area contributed by atoms with Crippen molar-refractivity contribution in [1.29, 1.82) is 0 Å². The monoisotopic (exact) mass is 225 g/mol. The number of pyridine rings is 2. The zero-order chi connectivity index (χ0) is 12.1. The summed E-state index contributed by atoms with van der Waals surface area (Å²) in [5, 5.41) is 0. The molecule has 86 valence electrons. The Kier molecular flexibility index (Phi) is 3.60. The van der Waals surface area contributed by atoms with E-state index in [1.165, 1.54) is 0 Å². The molecule has 2 rings (SSSR count). The fraction of sp³-hybridized carbons (Fsp3) is 0.214. The zero-order valence-corrected chi connectivity index (χ0v) is 10.0. The molecule has 0 radical (unpaired) electrons. The van der Waals surface area contributed by atoms with Crippen LogP contribution in [-0.4, -0.2) is 15.7 Å². The van der Waals surface area contributed by atoms with Crippen LogP contribution in [0, 0.1) is 0 Å². The summed E-state index contributed by atoms with van der Waals surface area (Å²) >= 11 is 0. The molecule has 0 saturated heterocycles. The Balaban J connectivity index is 2.20. The van der Waals surface area contributed by atoms with Gasteiger partial charge in [0.2, 0.25) is 0 Å². The molecular weight excluding hydrogens is 210 g/mol. The van der Waals surface area contributed by atoms with Crippen LogP contribution >= 0.6 is 0 Å². The maximum absolute atomic E-state index is 4.61. The topological polar surface area (TPSA) is 38.1 Å². The molecule has 17 heavy (non-hydrogen) atoms. The number of hydrogen-bond donors (Lipinski definition) is 0. The van der Waals surface area contributed by atoms with Gasteiger partial charge in [-0.25, -0.2) is 0 Å². The van der Waals surface area contributed by atoms with Gasteiger partial charge in [0.05, 0.1) is 23.1 Å². The lowest BCUT2D eigenvalue weighted by Gasteiger charge is -2.07. The zero-order valence-electron chi connectivity index (χ0n) is 10.0. The normalized spacial score (nSPS) is 13.4. The predicted octanol–water partition coefficient (Wildman–Crippen LogP) is 3.05. The summed E-state index contributed by atoms with van der Waals surface area (Å²) < 4.78 is 0. The highest BCUT2D eigenvalue weighted by Crippen LogP contribution is 2.14. The fourth-order valence-corrected chi connectivity index (χ4v) is 1.62. The van der Waals surface area contributed by atoms with Crippen LogP contribution in [0.3, 0.4) is 0 Å². The molecular formula is C14H15N3. The summed E-state index contributed by atoms with van der Waals surface area (Å²) in [6, 6.07) is 11.8. The lowest BCUT2D eigenvalue weighted by Crippen LogP contribution is -2.02. The summed E-state index contributed by atoms with van der Waals surface area (Å²) in [5.74, 6) is 0. The quantitative estimate of drug-likeness (QED) is 0.753. The largest absolute Gasteiger partial charge is 0.278 e. The van der Waals surface area contributed by atoms with Crippen LogP contribution in [0.25, 0.3) is 0 Å². The molecule has 0 aliphatic carbocycles. The molecule has 1 unspecified atom stereocenters. The fourth-order valence-electron chi connectivity index (χ4n) is 1.62. The van der Waals surface area contributed by atoms with Gasteiger partial charge in [0, 0.05) is 12.4 Å². The summed E-state index contributed by atoms with van der Waals surface area (Å²) in [5.41, 5.74) is 2.82. The summed E-state index contributed by atoms with van der Waals surface area (Å²) in [4.78, 5) is 13.2. The van der Waals surface area contributed by atoms with E-state index < -0.39 is 0 Å². The van der Waals surface area contributed by atoms with Gasteiger partial charge in [-0.15, -0.1) is 0 Å². The van der Waals surface area contributed by atoms with Gasteiger partial charge in [0.1, 0.15) is 0 Å². The number of aliphatic imine (C=N–C) groups is 1.